The van der Waals surface area contributed by atoms with Crippen molar-refractivity contribution in [3.63, 3.8) is 0 Å². The van der Waals surface area contributed by atoms with E-state index in [-0.39, 0.29) is 18.5 Å². The fourth-order valence-corrected chi connectivity index (χ4v) is 6.79. The average molecular weight is 735 g/mol. The zero-order valence-electron chi connectivity index (χ0n) is 35.4. The maximum Gasteiger partial charge on any atom is 0.306 e. The second-order valence-corrected chi connectivity index (χ2v) is 15.7. The van der Waals surface area contributed by atoms with Gasteiger partial charge in [0.05, 0.1) is 6.61 Å². The molecular formula is C47H90O5. The number of carbonyl (C=O) groups excluding carboxylic acids is 2. The van der Waals surface area contributed by atoms with Gasteiger partial charge in [-0.25, -0.2) is 0 Å². The Morgan fingerprint density at radius 1 is 0.404 bits per heavy atom. The summed E-state index contributed by atoms with van der Waals surface area (Å²) in [6.45, 7) is 7.82. The zero-order valence-corrected chi connectivity index (χ0v) is 35.4. The van der Waals surface area contributed by atoms with Gasteiger partial charge in [0, 0.05) is 19.4 Å². The molecule has 0 aromatic carbocycles. The van der Waals surface area contributed by atoms with E-state index in [1.165, 1.54) is 180 Å². The van der Waals surface area contributed by atoms with Crippen LogP contribution in [-0.2, 0) is 23.8 Å². The molecule has 308 valence electrons. The topological polar surface area (TPSA) is 61.8 Å². The third kappa shape index (κ3) is 41.4. The molecule has 0 spiro atoms. The number of esters is 2. The van der Waals surface area contributed by atoms with Gasteiger partial charge >= 0.3 is 11.9 Å². The Hall–Kier alpha value is -1.36. The summed E-state index contributed by atoms with van der Waals surface area (Å²) in [6.07, 6.45) is 47.7. The van der Waals surface area contributed by atoms with Crippen LogP contribution in [-0.4, -0.2) is 37.9 Å². The van der Waals surface area contributed by atoms with Crippen LogP contribution in [0.1, 0.15) is 252 Å². The number of rotatable bonds is 43. The molecule has 0 aliphatic carbocycles. The molecule has 5 nitrogen and oxygen atoms in total. The maximum atomic E-state index is 12.7. The molecule has 0 radical (unpaired) electrons. The van der Waals surface area contributed by atoms with Gasteiger partial charge in [-0.2, -0.15) is 0 Å². The lowest BCUT2D eigenvalue weighted by atomic mass is 10.0. The third-order valence-corrected chi connectivity index (χ3v) is 10.3. The molecule has 52 heavy (non-hydrogen) atoms. The van der Waals surface area contributed by atoms with Crippen LogP contribution in [0, 0.1) is 0 Å². The molecule has 1 atom stereocenters. The Morgan fingerprint density at radius 3 is 1.23 bits per heavy atom. The van der Waals surface area contributed by atoms with Gasteiger partial charge in [-0.1, -0.05) is 213 Å². The van der Waals surface area contributed by atoms with Crippen molar-refractivity contribution in [1.82, 2.24) is 0 Å². The first-order valence-electron chi connectivity index (χ1n) is 23.2. The lowest BCUT2D eigenvalue weighted by Gasteiger charge is -2.18. The molecule has 0 fully saturated rings. The molecule has 0 aliphatic rings. The summed E-state index contributed by atoms with van der Waals surface area (Å²) in [4.78, 5) is 25.2. The minimum atomic E-state index is -0.527. The lowest BCUT2D eigenvalue weighted by Crippen LogP contribution is -2.30. The molecule has 0 amide bonds. The molecule has 0 saturated carbocycles. The first-order valence-corrected chi connectivity index (χ1v) is 23.2. The Balaban J connectivity index is 4.21. The normalized spacial score (nSPS) is 12.1. The summed E-state index contributed by atoms with van der Waals surface area (Å²) >= 11 is 0. The van der Waals surface area contributed by atoms with Gasteiger partial charge in [0.25, 0.3) is 0 Å². The van der Waals surface area contributed by atoms with Crippen molar-refractivity contribution in [2.75, 3.05) is 19.8 Å². The Labute approximate surface area is 325 Å². The van der Waals surface area contributed by atoms with E-state index in [1.807, 2.05) is 0 Å². The predicted octanol–water partition coefficient (Wildman–Crippen LogP) is 15.1. The lowest BCUT2D eigenvalue weighted by molar-refractivity contribution is -0.163. The number of ether oxygens (including phenoxy) is 3. The number of allylic oxidation sites excluding steroid dienone is 2. The molecule has 0 rings (SSSR count). The standard InChI is InChI=1S/C47H90O5/c1-4-7-10-13-16-19-22-24-26-28-31-34-37-40-46(48)51-44-45(43-50-42-39-36-33-30-27-23-20-17-14-11-8-5-2)52-47(49)41-38-35-32-29-25-21-18-15-12-9-6-3/h14,17,45H,4-13,15-16,18-44H2,1-3H3/b17-14-. The highest BCUT2D eigenvalue weighted by Gasteiger charge is 2.17. The smallest absolute Gasteiger partial charge is 0.306 e. The van der Waals surface area contributed by atoms with Crippen molar-refractivity contribution >= 4 is 11.9 Å². The predicted molar refractivity (Wildman–Crippen MR) is 224 cm³/mol. The Morgan fingerprint density at radius 2 is 0.769 bits per heavy atom. The van der Waals surface area contributed by atoms with Crippen LogP contribution in [0.4, 0.5) is 0 Å². The first kappa shape index (κ1) is 50.6. The van der Waals surface area contributed by atoms with E-state index >= 15 is 0 Å². The van der Waals surface area contributed by atoms with Gasteiger partial charge in [-0.15, -0.1) is 0 Å². The summed E-state index contributed by atoms with van der Waals surface area (Å²) in [7, 11) is 0. The number of hydrogen-bond acceptors (Lipinski definition) is 5. The SMILES string of the molecule is CCCC/C=C\CCCCCCCCOCC(COC(=O)CCCCCCCCCCCCCCC)OC(=O)CCCCCCCCCCCCC. The molecule has 0 heterocycles. The van der Waals surface area contributed by atoms with Crippen LogP contribution in [0.3, 0.4) is 0 Å². The zero-order chi connectivity index (χ0) is 37.8. The average Bonchev–Trinajstić information content (AvgIpc) is 3.14. The van der Waals surface area contributed by atoms with Crippen molar-refractivity contribution < 1.29 is 23.8 Å². The van der Waals surface area contributed by atoms with E-state index in [2.05, 4.69) is 32.9 Å². The van der Waals surface area contributed by atoms with E-state index in [0.29, 0.717) is 26.1 Å². The summed E-state index contributed by atoms with van der Waals surface area (Å²) in [6, 6.07) is 0. The molecule has 0 bridgehead atoms. The second kappa shape index (κ2) is 44.0. The third-order valence-electron chi connectivity index (χ3n) is 10.3. The van der Waals surface area contributed by atoms with E-state index < -0.39 is 6.10 Å². The fourth-order valence-electron chi connectivity index (χ4n) is 6.79. The van der Waals surface area contributed by atoms with Crippen molar-refractivity contribution in [3.05, 3.63) is 12.2 Å². The van der Waals surface area contributed by atoms with Crippen LogP contribution in [0.15, 0.2) is 12.2 Å². The maximum absolute atomic E-state index is 12.7. The number of unbranched alkanes of at least 4 members (excludes halogenated alkanes) is 30. The van der Waals surface area contributed by atoms with E-state index in [1.54, 1.807) is 0 Å². The minimum Gasteiger partial charge on any atom is -0.462 e. The van der Waals surface area contributed by atoms with Crippen LogP contribution in [0.5, 0.6) is 0 Å². The van der Waals surface area contributed by atoms with E-state index in [9.17, 15) is 9.59 Å². The van der Waals surface area contributed by atoms with Crippen molar-refractivity contribution in [2.45, 2.75) is 258 Å². The molecule has 0 aliphatic heterocycles. The summed E-state index contributed by atoms with van der Waals surface area (Å²) < 4.78 is 17.3. The molecule has 1 unspecified atom stereocenters. The van der Waals surface area contributed by atoms with E-state index in [4.69, 9.17) is 14.2 Å². The van der Waals surface area contributed by atoms with Crippen molar-refractivity contribution in [1.29, 1.82) is 0 Å². The monoisotopic (exact) mass is 735 g/mol. The highest BCUT2D eigenvalue weighted by atomic mass is 16.6. The van der Waals surface area contributed by atoms with Gasteiger partial charge in [-0.05, 0) is 38.5 Å². The Kier molecular flexibility index (Phi) is 42.9. The van der Waals surface area contributed by atoms with Crippen LogP contribution in [0.25, 0.3) is 0 Å². The quantitative estimate of drug-likeness (QED) is 0.0355. The Bertz CT molecular complexity index is 750. The molecule has 0 N–H and O–H groups in total. The second-order valence-electron chi connectivity index (χ2n) is 15.7. The van der Waals surface area contributed by atoms with Gasteiger partial charge in [0.2, 0.25) is 0 Å². The molecule has 5 heteroatoms. The van der Waals surface area contributed by atoms with E-state index in [0.717, 1.165) is 38.5 Å². The van der Waals surface area contributed by atoms with Gasteiger partial charge in [0.1, 0.15) is 6.61 Å². The number of carbonyl (C=O) groups is 2. The van der Waals surface area contributed by atoms with Crippen LogP contribution in [0.2, 0.25) is 0 Å². The highest BCUT2D eigenvalue weighted by Crippen LogP contribution is 2.15. The highest BCUT2D eigenvalue weighted by molar-refractivity contribution is 5.70. The van der Waals surface area contributed by atoms with Gasteiger partial charge in [-0.3, -0.25) is 9.59 Å². The van der Waals surface area contributed by atoms with Crippen molar-refractivity contribution in [2.24, 2.45) is 0 Å². The van der Waals surface area contributed by atoms with Gasteiger partial charge in [0.15, 0.2) is 6.10 Å². The number of hydrogen-bond donors (Lipinski definition) is 0. The molecule has 0 aromatic heterocycles. The molecule has 0 aromatic rings. The fraction of sp³-hybridized carbons (Fsp3) is 0.915. The van der Waals surface area contributed by atoms with Gasteiger partial charge < -0.3 is 14.2 Å². The van der Waals surface area contributed by atoms with Crippen molar-refractivity contribution in [3.8, 4) is 0 Å². The van der Waals surface area contributed by atoms with Crippen LogP contribution < -0.4 is 0 Å². The molecule has 0 saturated heterocycles. The largest absolute Gasteiger partial charge is 0.462 e. The summed E-state index contributed by atoms with van der Waals surface area (Å²) in [5.41, 5.74) is 0. The summed E-state index contributed by atoms with van der Waals surface area (Å²) in [5, 5.41) is 0. The van der Waals surface area contributed by atoms with Crippen LogP contribution >= 0.6 is 0 Å². The first-order chi connectivity index (χ1) is 25.6. The summed E-state index contributed by atoms with van der Waals surface area (Å²) in [5.74, 6) is -0.386. The molecular weight excluding hydrogens is 645 g/mol. The minimum absolute atomic E-state index is 0.0914.